The van der Waals surface area contributed by atoms with Crippen LogP contribution in [0.5, 0.6) is 0 Å². The Balaban J connectivity index is 2.48. The Labute approximate surface area is 123 Å². The van der Waals surface area contributed by atoms with E-state index in [0.29, 0.717) is 0 Å². The van der Waals surface area contributed by atoms with E-state index in [2.05, 4.69) is 75.7 Å². The molecule has 0 unspecified atom stereocenters. The molecule has 0 saturated carbocycles. The fraction of sp³-hybridized carbons (Fsp3) is 0.467. The second kappa shape index (κ2) is 5.87. The highest BCUT2D eigenvalue weighted by molar-refractivity contribution is 9.08. The molecule has 0 bridgehead atoms. The summed E-state index contributed by atoms with van der Waals surface area (Å²) in [5, 5.41) is 9.49. The van der Waals surface area contributed by atoms with Crippen LogP contribution >= 0.6 is 15.9 Å². The minimum atomic E-state index is -0.135. The summed E-state index contributed by atoms with van der Waals surface area (Å²) in [6.45, 7) is 7.55. The highest BCUT2D eigenvalue weighted by Crippen LogP contribution is 2.30. The Kier molecular flexibility index (Phi) is 4.40. The van der Waals surface area contributed by atoms with Crippen LogP contribution in [0.25, 0.3) is 0 Å². The van der Waals surface area contributed by atoms with E-state index in [9.17, 15) is 0 Å². The summed E-state index contributed by atoms with van der Waals surface area (Å²) in [5.74, 6) is 2.04. The van der Waals surface area contributed by atoms with Crippen LogP contribution in [0.1, 0.15) is 44.4 Å². The Bertz CT molecular complexity index is 532. The van der Waals surface area contributed by atoms with Crippen molar-refractivity contribution in [3.05, 3.63) is 47.5 Å². The third-order valence-electron chi connectivity index (χ3n) is 3.45. The number of hydrogen-bond acceptors (Lipinski definition) is 2. The molecule has 2 rings (SSSR count). The number of aromatic nitrogens is 3. The standard InChI is InChI=1S/C15H20BrN3/c1-4-10-19-13(11-16)17-18-14(19)15(2,3)12-8-6-5-7-9-12/h5-9H,4,10-11H2,1-3H3. The van der Waals surface area contributed by atoms with Gasteiger partial charge >= 0.3 is 0 Å². The van der Waals surface area contributed by atoms with Gasteiger partial charge in [0.2, 0.25) is 0 Å². The molecule has 1 aromatic heterocycles. The van der Waals surface area contributed by atoms with Crippen LogP contribution < -0.4 is 0 Å². The predicted octanol–water partition coefficient (Wildman–Crippen LogP) is 3.91. The first kappa shape index (κ1) is 14.3. The lowest BCUT2D eigenvalue weighted by Gasteiger charge is -2.25. The Morgan fingerprint density at radius 3 is 2.42 bits per heavy atom. The van der Waals surface area contributed by atoms with Crippen molar-refractivity contribution in [3.8, 4) is 0 Å². The lowest BCUT2D eigenvalue weighted by atomic mass is 9.83. The van der Waals surface area contributed by atoms with Gasteiger partial charge in [-0.15, -0.1) is 10.2 Å². The van der Waals surface area contributed by atoms with Crippen LogP contribution in [0, 0.1) is 0 Å². The van der Waals surface area contributed by atoms with E-state index in [1.807, 2.05) is 6.07 Å². The number of alkyl halides is 1. The van der Waals surface area contributed by atoms with Crippen molar-refractivity contribution in [3.63, 3.8) is 0 Å². The molecule has 0 atom stereocenters. The highest BCUT2D eigenvalue weighted by atomic mass is 79.9. The highest BCUT2D eigenvalue weighted by Gasteiger charge is 2.29. The van der Waals surface area contributed by atoms with Gasteiger partial charge in [-0.1, -0.05) is 53.2 Å². The van der Waals surface area contributed by atoms with Gasteiger partial charge in [0.15, 0.2) is 0 Å². The molecule has 0 radical (unpaired) electrons. The monoisotopic (exact) mass is 321 g/mol. The number of benzene rings is 1. The molecule has 102 valence electrons. The van der Waals surface area contributed by atoms with Crippen LogP contribution in [-0.4, -0.2) is 14.8 Å². The number of nitrogens with zero attached hydrogens (tertiary/aromatic N) is 3. The van der Waals surface area contributed by atoms with Crippen LogP contribution in [-0.2, 0) is 17.3 Å². The van der Waals surface area contributed by atoms with Crippen molar-refractivity contribution in [2.24, 2.45) is 0 Å². The second-order valence-corrected chi connectivity index (χ2v) is 5.78. The normalized spacial score (nSPS) is 11.8. The zero-order valence-corrected chi connectivity index (χ0v) is 13.3. The molecule has 1 heterocycles. The average molecular weight is 322 g/mol. The summed E-state index contributed by atoms with van der Waals surface area (Å²) in [7, 11) is 0. The summed E-state index contributed by atoms with van der Waals surface area (Å²) in [6, 6.07) is 10.5. The number of hydrogen-bond donors (Lipinski definition) is 0. The Hall–Kier alpha value is -1.16. The molecule has 3 nitrogen and oxygen atoms in total. The molecule has 0 aliphatic heterocycles. The van der Waals surface area contributed by atoms with Crippen molar-refractivity contribution in [1.82, 2.24) is 14.8 Å². The maximum atomic E-state index is 4.44. The SMILES string of the molecule is CCCn1c(CBr)nnc1C(C)(C)c1ccccc1. The smallest absolute Gasteiger partial charge is 0.143 e. The van der Waals surface area contributed by atoms with Crippen molar-refractivity contribution < 1.29 is 0 Å². The molecule has 0 amide bonds. The van der Waals surface area contributed by atoms with E-state index in [-0.39, 0.29) is 5.41 Å². The molecule has 4 heteroatoms. The molecular formula is C15H20BrN3. The lowest BCUT2D eigenvalue weighted by molar-refractivity contribution is 0.519. The first-order chi connectivity index (χ1) is 9.11. The van der Waals surface area contributed by atoms with Crippen molar-refractivity contribution in [2.45, 2.75) is 44.5 Å². The van der Waals surface area contributed by atoms with Gasteiger partial charge in [-0.25, -0.2) is 0 Å². The summed E-state index contributed by atoms with van der Waals surface area (Å²) in [4.78, 5) is 0. The van der Waals surface area contributed by atoms with Crippen LogP contribution in [0.4, 0.5) is 0 Å². The lowest BCUT2D eigenvalue weighted by Crippen LogP contribution is -2.25. The molecule has 0 spiro atoms. The first-order valence-corrected chi connectivity index (χ1v) is 7.77. The van der Waals surface area contributed by atoms with Crippen molar-refractivity contribution in [2.75, 3.05) is 0 Å². The van der Waals surface area contributed by atoms with E-state index >= 15 is 0 Å². The van der Waals surface area contributed by atoms with Gasteiger partial charge in [0, 0.05) is 12.0 Å². The van der Waals surface area contributed by atoms with E-state index in [4.69, 9.17) is 0 Å². The van der Waals surface area contributed by atoms with E-state index in [1.54, 1.807) is 0 Å². The van der Waals surface area contributed by atoms with Gasteiger partial charge in [-0.05, 0) is 25.8 Å². The minimum absolute atomic E-state index is 0.135. The van der Waals surface area contributed by atoms with Crippen LogP contribution in [0.2, 0.25) is 0 Å². The molecule has 2 aromatic rings. The first-order valence-electron chi connectivity index (χ1n) is 6.65. The number of rotatable bonds is 5. The van der Waals surface area contributed by atoms with E-state index in [1.165, 1.54) is 5.56 Å². The van der Waals surface area contributed by atoms with Gasteiger partial charge < -0.3 is 4.57 Å². The Morgan fingerprint density at radius 1 is 1.16 bits per heavy atom. The van der Waals surface area contributed by atoms with Gasteiger partial charge in [0.25, 0.3) is 0 Å². The second-order valence-electron chi connectivity index (χ2n) is 5.22. The van der Waals surface area contributed by atoms with Gasteiger partial charge in [-0.3, -0.25) is 0 Å². The van der Waals surface area contributed by atoms with Gasteiger partial charge in [0.05, 0.1) is 5.33 Å². The molecule has 0 N–H and O–H groups in total. The largest absolute Gasteiger partial charge is 0.314 e. The molecule has 0 saturated heterocycles. The molecule has 1 aromatic carbocycles. The fourth-order valence-corrected chi connectivity index (χ4v) is 2.75. The van der Waals surface area contributed by atoms with Gasteiger partial charge in [-0.2, -0.15) is 0 Å². The predicted molar refractivity (Wildman–Crippen MR) is 81.5 cm³/mol. The maximum Gasteiger partial charge on any atom is 0.143 e. The number of halogens is 1. The summed E-state index contributed by atoms with van der Waals surface area (Å²) in [5.41, 5.74) is 1.13. The summed E-state index contributed by atoms with van der Waals surface area (Å²) < 4.78 is 2.24. The zero-order chi connectivity index (χ0) is 13.9. The molecule has 19 heavy (non-hydrogen) atoms. The van der Waals surface area contributed by atoms with Crippen LogP contribution in [0.3, 0.4) is 0 Å². The van der Waals surface area contributed by atoms with Gasteiger partial charge in [0.1, 0.15) is 11.6 Å². The Morgan fingerprint density at radius 2 is 1.84 bits per heavy atom. The minimum Gasteiger partial charge on any atom is -0.314 e. The van der Waals surface area contributed by atoms with E-state index < -0.39 is 0 Å². The summed E-state index contributed by atoms with van der Waals surface area (Å²) in [6.07, 6.45) is 1.08. The van der Waals surface area contributed by atoms with Crippen LogP contribution in [0.15, 0.2) is 30.3 Å². The topological polar surface area (TPSA) is 30.7 Å². The maximum absolute atomic E-state index is 4.44. The van der Waals surface area contributed by atoms with Crippen molar-refractivity contribution >= 4 is 15.9 Å². The average Bonchev–Trinajstić information content (AvgIpc) is 2.84. The zero-order valence-electron chi connectivity index (χ0n) is 11.7. The molecule has 0 aliphatic rings. The fourth-order valence-electron chi connectivity index (χ4n) is 2.34. The third kappa shape index (κ3) is 2.73. The third-order valence-corrected chi connectivity index (χ3v) is 3.95. The van der Waals surface area contributed by atoms with Crippen molar-refractivity contribution in [1.29, 1.82) is 0 Å². The molecular weight excluding hydrogens is 302 g/mol. The quantitative estimate of drug-likeness (QED) is 0.782. The molecule has 0 aliphatic carbocycles. The molecule has 0 fully saturated rings. The van der Waals surface area contributed by atoms with E-state index in [0.717, 1.165) is 29.9 Å². The summed E-state index contributed by atoms with van der Waals surface area (Å²) >= 11 is 3.49.